The molecule has 572 valence electrons. The first-order valence-electron chi connectivity index (χ1n) is 32.9. The molecule has 12 atom stereocenters. The third kappa shape index (κ3) is 33.0. The first kappa shape index (κ1) is 87.1. The summed E-state index contributed by atoms with van der Waals surface area (Å²) in [5, 5.41) is 86.7. The minimum Gasteiger partial charge on any atom is -0.481 e. The van der Waals surface area contributed by atoms with Crippen molar-refractivity contribution in [3.05, 3.63) is 108 Å². The number of nitrogens with two attached hydrogens (primary N) is 3. The van der Waals surface area contributed by atoms with Crippen molar-refractivity contribution in [3.8, 4) is 0 Å². The van der Waals surface area contributed by atoms with Gasteiger partial charge in [-0.3, -0.25) is 86.9 Å². The number of benzene rings is 3. The van der Waals surface area contributed by atoms with E-state index in [1.54, 1.807) is 97.9 Å². The summed E-state index contributed by atoms with van der Waals surface area (Å²) in [4.78, 5) is 224. The van der Waals surface area contributed by atoms with Gasteiger partial charge in [0.25, 0.3) is 0 Å². The van der Waals surface area contributed by atoms with E-state index < -0.39 is 231 Å². The van der Waals surface area contributed by atoms with Crippen molar-refractivity contribution in [1.82, 2.24) is 69.1 Å². The fourth-order valence-corrected chi connectivity index (χ4v) is 9.82. The smallest absolute Gasteiger partial charge is 0.325 e. The van der Waals surface area contributed by atoms with E-state index in [-0.39, 0.29) is 45.1 Å². The monoisotopic (exact) mass is 1470 g/mol. The molecule has 0 saturated carbocycles. The third-order valence-corrected chi connectivity index (χ3v) is 15.6. The summed E-state index contributed by atoms with van der Waals surface area (Å²) in [6.45, 7) is 1.25. The molecule has 0 spiro atoms. The first-order chi connectivity index (χ1) is 49.6. The van der Waals surface area contributed by atoms with Crippen molar-refractivity contribution < 1.29 is 107 Å². The number of guanidine groups is 1. The highest BCUT2D eigenvalue weighted by molar-refractivity contribution is 6.01. The number of carbonyl (C=O) groups excluding carboxylic acids is 13. The number of rotatable bonds is 47. The van der Waals surface area contributed by atoms with E-state index in [9.17, 15) is 107 Å². The van der Waals surface area contributed by atoms with Crippen LogP contribution < -0.4 is 86.3 Å². The van der Waals surface area contributed by atoms with E-state index in [4.69, 9.17) is 22.6 Å². The molecule has 0 bridgehead atoms. The van der Waals surface area contributed by atoms with Gasteiger partial charge in [-0.05, 0) is 48.8 Å². The molecule has 0 fully saturated rings. The number of carboxylic acids is 4. The predicted molar refractivity (Wildman–Crippen MR) is 368 cm³/mol. The number of aliphatic hydroxyl groups is 1. The second-order valence-corrected chi connectivity index (χ2v) is 24.1. The van der Waals surface area contributed by atoms with Gasteiger partial charge in [0.05, 0.1) is 45.0 Å². The Morgan fingerprint density at radius 1 is 0.419 bits per heavy atom. The molecule has 39 nitrogen and oxygen atoms in total. The summed E-state index contributed by atoms with van der Waals surface area (Å²) in [5.41, 5.74) is 17.9. The van der Waals surface area contributed by atoms with Crippen LogP contribution in [-0.2, 0) is 101 Å². The summed E-state index contributed by atoms with van der Waals surface area (Å²) < 4.78 is 0. The number of primary amides is 1. The van der Waals surface area contributed by atoms with Crippen molar-refractivity contribution in [2.24, 2.45) is 23.1 Å². The van der Waals surface area contributed by atoms with E-state index in [1.807, 2.05) is 0 Å². The molecule has 3 aromatic carbocycles. The number of aliphatic hydroxyl groups excluding tert-OH is 1. The van der Waals surface area contributed by atoms with Crippen LogP contribution in [-0.4, -0.2) is 225 Å². The number of nitrogens with one attached hydrogen (secondary N) is 14. The third-order valence-electron chi connectivity index (χ3n) is 15.6. The van der Waals surface area contributed by atoms with Gasteiger partial charge in [-0.15, -0.1) is 0 Å². The lowest BCUT2D eigenvalue weighted by molar-refractivity contribution is -0.143. The van der Waals surface area contributed by atoms with Crippen LogP contribution in [0.3, 0.4) is 0 Å². The Hall–Kier alpha value is -12.2. The van der Waals surface area contributed by atoms with Gasteiger partial charge in [-0.1, -0.05) is 111 Å². The standard InChI is InChI=1S/C66H91N17O22/c1-4-34(2)54(83-59(98)41(22-23-51(88)89)78-62(101)45(29-52(90)91)80-61(100)44(27-38-19-12-7-13-20-38)79-55(94)39(67)28-48(68)85)64(103)81-46(30-53(92)93)63(102)77-40(21-14-24-71-66(69)70)58(97)82-47(33-84)57(96)73-32-49(86)75-42(25-36-15-8-5-9-16-36)56(95)72-31-50(87)76-43(26-37-17-10-6-11-18-37)60(99)74-35(3)65(104)105/h5-13,15-20,34-35,39-47,54,84H,4,14,21-33,67H2,1-3H3,(H2,68,85)(H,72,95)(H,73,96)(H,74,99)(H,75,86)(H,76,87)(H,77,102)(H,78,101)(H,79,94)(H,80,100)(H,81,103)(H,82,97)(H,83,98)(H,88,89)(H,90,91)(H,92,93)(H,104,105)(H4,69,70,71)/t34-,35-,39-,40-,41-,42-,43-,44-,45-,46-,47-,54-/m0/s1. The minimum absolute atomic E-state index is 0.0529. The number of aliphatic carboxylic acids is 4. The van der Waals surface area contributed by atoms with Crippen LogP contribution in [0.15, 0.2) is 91.0 Å². The molecular formula is C66H91N17O22. The highest BCUT2D eigenvalue weighted by Gasteiger charge is 2.38. The Morgan fingerprint density at radius 3 is 1.21 bits per heavy atom. The molecule has 0 aliphatic heterocycles. The number of amides is 13. The molecule has 39 heteroatoms. The highest BCUT2D eigenvalue weighted by atomic mass is 16.4. The molecule has 0 unspecified atom stereocenters. The van der Waals surface area contributed by atoms with Gasteiger partial charge in [0.15, 0.2) is 5.96 Å². The second-order valence-electron chi connectivity index (χ2n) is 24.1. The molecule has 0 aromatic heterocycles. The van der Waals surface area contributed by atoms with Crippen molar-refractivity contribution in [3.63, 3.8) is 0 Å². The van der Waals surface area contributed by atoms with E-state index in [2.05, 4.69) is 69.1 Å². The Kier molecular flexibility index (Phi) is 37.3. The van der Waals surface area contributed by atoms with Crippen molar-refractivity contribution in [2.75, 3.05) is 26.2 Å². The highest BCUT2D eigenvalue weighted by Crippen LogP contribution is 2.14. The quantitative estimate of drug-likeness (QED) is 0.0142. The second kappa shape index (κ2) is 45.0. The topological polar surface area (TPSA) is 650 Å². The van der Waals surface area contributed by atoms with Crippen LogP contribution >= 0.6 is 0 Å². The van der Waals surface area contributed by atoms with Gasteiger partial charge in [0, 0.05) is 32.2 Å². The van der Waals surface area contributed by atoms with Crippen molar-refractivity contribution in [2.45, 2.75) is 158 Å². The lowest BCUT2D eigenvalue weighted by Crippen LogP contribution is -2.61. The fraction of sp³-hybridized carbons (Fsp3) is 0.455. The first-order valence-corrected chi connectivity index (χ1v) is 32.9. The van der Waals surface area contributed by atoms with Crippen LogP contribution in [0.25, 0.3) is 0 Å². The molecule has 0 radical (unpaired) electrons. The zero-order valence-electron chi connectivity index (χ0n) is 57.6. The van der Waals surface area contributed by atoms with Crippen LogP contribution in [0.5, 0.6) is 0 Å². The summed E-state index contributed by atoms with van der Waals surface area (Å²) in [6, 6.07) is 5.81. The average Bonchev–Trinajstić information content (AvgIpc) is 0.715. The van der Waals surface area contributed by atoms with E-state index >= 15 is 0 Å². The van der Waals surface area contributed by atoms with Crippen LogP contribution in [0, 0.1) is 11.3 Å². The Morgan fingerprint density at radius 2 is 0.790 bits per heavy atom. The van der Waals surface area contributed by atoms with E-state index in [0.29, 0.717) is 16.7 Å². The van der Waals surface area contributed by atoms with Crippen LogP contribution in [0.1, 0.15) is 88.8 Å². The summed E-state index contributed by atoms with van der Waals surface area (Å²) >= 11 is 0. The molecule has 25 N–H and O–H groups in total. The average molecular weight is 1470 g/mol. The Balaban J connectivity index is 1.84. The van der Waals surface area contributed by atoms with Gasteiger partial charge in [0.2, 0.25) is 76.8 Å². The Bertz CT molecular complexity index is 3560. The zero-order valence-corrected chi connectivity index (χ0v) is 57.6. The van der Waals surface area contributed by atoms with Gasteiger partial charge in [0.1, 0.15) is 60.4 Å². The molecule has 105 heavy (non-hydrogen) atoms. The van der Waals surface area contributed by atoms with Gasteiger partial charge >= 0.3 is 23.9 Å². The molecule has 3 rings (SSSR count). The normalized spacial score (nSPS) is 14.2. The molecule has 3 aromatic rings. The number of carbonyl (C=O) groups is 17. The fourth-order valence-electron chi connectivity index (χ4n) is 9.82. The number of hydrogen-bond donors (Lipinski definition) is 22. The SMILES string of the molecule is CC[C@H](C)[C@H](NC(=O)[C@H](CCC(=O)O)NC(=O)[C@H](CC(=O)O)NC(=O)[C@H](Cc1ccccc1)NC(=O)[C@@H](N)CC(N)=O)C(=O)N[C@@H](CC(=O)O)C(=O)N[C@@H](CCCNC(=N)N)C(=O)N[C@@H](CO)C(=O)NCC(=O)N[C@@H](Cc1ccccc1)C(=O)NCC(=O)N[C@@H](Cc1ccccc1)C(=O)N[C@@H](C)C(=O)O. The van der Waals surface area contributed by atoms with Gasteiger partial charge in [-0.2, -0.15) is 0 Å². The Labute approximate surface area is 601 Å². The van der Waals surface area contributed by atoms with Crippen LogP contribution in [0.4, 0.5) is 0 Å². The molecule has 13 amide bonds. The maximum atomic E-state index is 14.3. The summed E-state index contributed by atoms with van der Waals surface area (Å²) in [6.07, 6.45) is -5.56. The molecule has 0 heterocycles. The predicted octanol–water partition coefficient (Wildman–Crippen LogP) is -6.78. The van der Waals surface area contributed by atoms with E-state index in [0.717, 1.165) is 0 Å². The van der Waals surface area contributed by atoms with Gasteiger partial charge < -0.3 is 112 Å². The molecule has 0 aliphatic rings. The number of hydrogen-bond acceptors (Lipinski definition) is 20. The molecule has 0 aliphatic carbocycles. The van der Waals surface area contributed by atoms with Crippen LogP contribution in [0.2, 0.25) is 0 Å². The maximum absolute atomic E-state index is 14.3. The zero-order chi connectivity index (χ0) is 78.5. The van der Waals surface area contributed by atoms with Crippen molar-refractivity contribution in [1.29, 1.82) is 5.41 Å². The summed E-state index contributed by atoms with van der Waals surface area (Å²) in [7, 11) is 0. The van der Waals surface area contributed by atoms with Gasteiger partial charge in [-0.25, -0.2) is 0 Å². The minimum atomic E-state index is -2.10. The lowest BCUT2D eigenvalue weighted by Gasteiger charge is -2.29. The maximum Gasteiger partial charge on any atom is 0.325 e. The molecular weight excluding hydrogens is 1380 g/mol. The largest absolute Gasteiger partial charge is 0.481 e. The number of carboxylic acid groups (broad SMARTS) is 4. The van der Waals surface area contributed by atoms with Crippen molar-refractivity contribution >= 4 is 107 Å². The summed E-state index contributed by atoms with van der Waals surface area (Å²) in [5.74, 6) is -22.2. The van der Waals surface area contributed by atoms with E-state index in [1.165, 1.54) is 13.8 Å². The molecule has 0 saturated heterocycles. The lowest BCUT2D eigenvalue weighted by atomic mass is 9.96.